The molecule has 0 spiro atoms. The number of nitrogens with zero attached hydrogens (tertiary/aromatic N) is 2. The van der Waals surface area contributed by atoms with E-state index >= 15 is 0 Å². The van der Waals surface area contributed by atoms with Crippen LogP contribution in [0.2, 0.25) is 0 Å². The van der Waals surface area contributed by atoms with Gasteiger partial charge in [-0.3, -0.25) is 4.79 Å². The normalized spacial score (nSPS) is 10.4. The van der Waals surface area contributed by atoms with Gasteiger partial charge in [0.1, 0.15) is 5.75 Å². The first-order valence-electron chi connectivity index (χ1n) is 7.08. The maximum absolute atomic E-state index is 11.7. The van der Waals surface area contributed by atoms with Gasteiger partial charge in [-0.25, -0.2) is 4.98 Å². The molecule has 1 heterocycles. The van der Waals surface area contributed by atoms with Crippen molar-refractivity contribution in [3.05, 3.63) is 48.0 Å². The first kappa shape index (κ1) is 15.1. The highest BCUT2D eigenvalue weighted by atomic mass is 16.5. The van der Waals surface area contributed by atoms with Gasteiger partial charge in [-0.1, -0.05) is 12.1 Å². The molecule has 0 saturated heterocycles. The van der Waals surface area contributed by atoms with Gasteiger partial charge in [0.15, 0.2) is 6.61 Å². The summed E-state index contributed by atoms with van der Waals surface area (Å²) in [5.41, 5.74) is 2.23. The number of imidazole rings is 1. The maximum Gasteiger partial charge on any atom is 0.257 e. The Morgan fingerprint density at radius 3 is 3.00 bits per heavy atom. The van der Waals surface area contributed by atoms with Crippen molar-refractivity contribution in [1.82, 2.24) is 14.9 Å². The molecule has 0 bridgehead atoms. The van der Waals surface area contributed by atoms with Gasteiger partial charge in [0, 0.05) is 25.5 Å². The van der Waals surface area contributed by atoms with Crippen LogP contribution in [-0.2, 0) is 11.3 Å². The SMILES string of the molecule is Cc1cccc(OCC(=O)NCCCn2ccnc2)c1C. The third-order valence-corrected chi connectivity index (χ3v) is 3.39. The molecule has 1 amide bonds. The van der Waals surface area contributed by atoms with Crippen LogP contribution in [0.1, 0.15) is 17.5 Å². The molecule has 5 heteroatoms. The second kappa shape index (κ2) is 7.47. The summed E-state index contributed by atoms with van der Waals surface area (Å²) in [5, 5.41) is 2.85. The van der Waals surface area contributed by atoms with Gasteiger partial charge >= 0.3 is 0 Å². The third-order valence-electron chi connectivity index (χ3n) is 3.39. The molecule has 0 aliphatic heterocycles. The fraction of sp³-hybridized carbons (Fsp3) is 0.375. The molecule has 21 heavy (non-hydrogen) atoms. The lowest BCUT2D eigenvalue weighted by atomic mass is 10.1. The summed E-state index contributed by atoms with van der Waals surface area (Å²) in [5.74, 6) is 0.671. The van der Waals surface area contributed by atoms with Crippen molar-refractivity contribution in [3.8, 4) is 5.75 Å². The van der Waals surface area contributed by atoms with Gasteiger partial charge in [0.2, 0.25) is 0 Å². The molecule has 0 unspecified atom stereocenters. The highest BCUT2D eigenvalue weighted by Gasteiger charge is 2.05. The maximum atomic E-state index is 11.7. The Balaban J connectivity index is 1.66. The number of hydrogen-bond acceptors (Lipinski definition) is 3. The number of aromatic nitrogens is 2. The van der Waals surface area contributed by atoms with Crippen molar-refractivity contribution in [2.45, 2.75) is 26.8 Å². The number of carbonyl (C=O) groups excluding carboxylic acids is 1. The van der Waals surface area contributed by atoms with Crippen molar-refractivity contribution in [1.29, 1.82) is 0 Å². The summed E-state index contributed by atoms with van der Waals surface area (Å²) in [6, 6.07) is 5.84. The monoisotopic (exact) mass is 287 g/mol. The van der Waals surface area contributed by atoms with E-state index in [1.54, 1.807) is 12.5 Å². The van der Waals surface area contributed by atoms with E-state index in [1.807, 2.05) is 42.8 Å². The number of nitrogens with one attached hydrogen (secondary N) is 1. The topological polar surface area (TPSA) is 56.1 Å². The van der Waals surface area contributed by atoms with Crippen LogP contribution in [0.5, 0.6) is 5.75 Å². The third kappa shape index (κ3) is 4.63. The van der Waals surface area contributed by atoms with Crippen molar-refractivity contribution < 1.29 is 9.53 Å². The van der Waals surface area contributed by atoms with Gasteiger partial charge in [-0.15, -0.1) is 0 Å². The van der Waals surface area contributed by atoms with E-state index in [0.29, 0.717) is 6.54 Å². The fourth-order valence-electron chi connectivity index (χ4n) is 1.98. The van der Waals surface area contributed by atoms with Gasteiger partial charge in [-0.05, 0) is 37.5 Å². The lowest BCUT2D eigenvalue weighted by Gasteiger charge is -2.11. The van der Waals surface area contributed by atoms with Gasteiger partial charge in [0.05, 0.1) is 6.33 Å². The summed E-state index contributed by atoms with van der Waals surface area (Å²) < 4.78 is 7.54. The van der Waals surface area contributed by atoms with E-state index in [4.69, 9.17) is 4.74 Å². The molecular weight excluding hydrogens is 266 g/mol. The van der Waals surface area contributed by atoms with E-state index in [-0.39, 0.29) is 12.5 Å². The highest BCUT2D eigenvalue weighted by molar-refractivity contribution is 5.77. The molecule has 1 aromatic carbocycles. The van der Waals surface area contributed by atoms with Gasteiger partial charge in [0.25, 0.3) is 5.91 Å². The van der Waals surface area contributed by atoms with Crippen LogP contribution < -0.4 is 10.1 Å². The summed E-state index contributed by atoms with van der Waals surface area (Å²) in [6.07, 6.45) is 6.29. The number of carbonyl (C=O) groups is 1. The summed E-state index contributed by atoms with van der Waals surface area (Å²) >= 11 is 0. The first-order valence-corrected chi connectivity index (χ1v) is 7.08. The molecular formula is C16H21N3O2. The average molecular weight is 287 g/mol. The van der Waals surface area contributed by atoms with E-state index in [2.05, 4.69) is 10.3 Å². The van der Waals surface area contributed by atoms with Crippen LogP contribution in [0.25, 0.3) is 0 Å². The Morgan fingerprint density at radius 2 is 2.24 bits per heavy atom. The lowest BCUT2D eigenvalue weighted by Crippen LogP contribution is -2.30. The molecule has 1 N–H and O–H groups in total. The quantitative estimate of drug-likeness (QED) is 0.793. The minimum absolute atomic E-state index is 0.0510. The molecule has 0 atom stereocenters. The molecule has 1 aromatic heterocycles. The Labute approximate surface area is 125 Å². The Kier molecular flexibility index (Phi) is 5.37. The smallest absolute Gasteiger partial charge is 0.257 e. The van der Waals surface area contributed by atoms with E-state index in [1.165, 1.54) is 0 Å². The largest absolute Gasteiger partial charge is 0.483 e. The molecule has 0 radical (unpaired) electrons. The number of hydrogen-bond donors (Lipinski definition) is 1. The van der Waals surface area contributed by atoms with Gasteiger partial charge in [-0.2, -0.15) is 0 Å². The zero-order chi connectivity index (χ0) is 15.1. The number of aryl methyl sites for hydroxylation is 2. The second-order valence-corrected chi connectivity index (χ2v) is 4.99. The molecule has 2 aromatic rings. The van der Waals surface area contributed by atoms with Crippen LogP contribution in [-0.4, -0.2) is 28.6 Å². The van der Waals surface area contributed by atoms with Crippen molar-refractivity contribution in [2.24, 2.45) is 0 Å². The van der Waals surface area contributed by atoms with Crippen LogP contribution in [0.3, 0.4) is 0 Å². The molecule has 2 rings (SSSR count). The Hall–Kier alpha value is -2.30. The molecule has 5 nitrogen and oxygen atoms in total. The minimum atomic E-state index is -0.0958. The molecule has 0 aliphatic rings. The average Bonchev–Trinajstić information content (AvgIpc) is 2.98. The predicted octanol–water partition coefficient (Wildman–Crippen LogP) is 2.09. The minimum Gasteiger partial charge on any atom is -0.483 e. The molecule has 0 saturated carbocycles. The molecule has 112 valence electrons. The van der Waals surface area contributed by atoms with Crippen LogP contribution >= 0.6 is 0 Å². The molecule has 0 fully saturated rings. The van der Waals surface area contributed by atoms with Crippen LogP contribution in [0, 0.1) is 13.8 Å². The van der Waals surface area contributed by atoms with Crippen LogP contribution in [0.15, 0.2) is 36.9 Å². The van der Waals surface area contributed by atoms with E-state index in [9.17, 15) is 4.79 Å². The zero-order valence-corrected chi connectivity index (χ0v) is 12.5. The summed E-state index contributed by atoms with van der Waals surface area (Å²) in [7, 11) is 0. The van der Waals surface area contributed by atoms with Crippen molar-refractivity contribution in [2.75, 3.05) is 13.2 Å². The second-order valence-electron chi connectivity index (χ2n) is 4.99. The lowest BCUT2D eigenvalue weighted by molar-refractivity contribution is -0.123. The Bertz CT molecular complexity index is 579. The van der Waals surface area contributed by atoms with E-state index < -0.39 is 0 Å². The van der Waals surface area contributed by atoms with Crippen molar-refractivity contribution >= 4 is 5.91 Å². The number of rotatable bonds is 7. The van der Waals surface area contributed by atoms with Gasteiger partial charge < -0.3 is 14.6 Å². The number of benzene rings is 1. The summed E-state index contributed by atoms with van der Waals surface area (Å²) in [4.78, 5) is 15.7. The number of ether oxygens (including phenoxy) is 1. The predicted molar refractivity (Wildman–Crippen MR) is 81.3 cm³/mol. The zero-order valence-electron chi connectivity index (χ0n) is 12.5. The van der Waals surface area contributed by atoms with Crippen molar-refractivity contribution in [3.63, 3.8) is 0 Å². The first-order chi connectivity index (χ1) is 10.2. The standard InChI is InChI=1S/C16H21N3O2/c1-13-5-3-6-15(14(13)2)21-11-16(20)18-7-4-9-19-10-8-17-12-19/h3,5-6,8,10,12H,4,7,9,11H2,1-2H3,(H,18,20). The van der Waals surface area contributed by atoms with Crippen LogP contribution in [0.4, 0.5) is 0 Å². The highest BCUT2D eigenvalue weighted by Crippen LogP contribution is 2.20. The fourth-order valence-corrected chi connectivity index (χ4v) is 1.98. The van der Waals surface area contributed by atoms with E-state index in [0.717, 1.165) is 29.8 Å². The summed E-state index contributed by atoms with van der Waals surface area (Å²) in [6.45, 7) is 5.55. The number of amides is 1. The molecule has 0 aliphatic carbocycles. The Morgan fingerprint density at radius 1 is 1.38 bits per heavy atom.